The molecule has 12 heteroatoms. The molecule has 2 aliphatic heterocycles. The molecule has 0 radical (unpaired) electrons. The van der Waals surface area contributed by atoms with E-state index < -0.39 is 5.97 Å². The first-order valence-electron chi connectivity index (χ1n) is 11.5. The van der Waals surface area contributed by atoms with E-state index in [1.807, 2.05) is 13.8 Å². The SMILES string of the molecule is CC(=O)CCC(=O)O.CC1CCC(=O)O1.CC1CCCC(=O)O1.CO.COC(=O)CCCC(C)=O.O. The number of aliphatic hydroxyl groups is 1. The Balaban J connectivity index is -0.000000184. The molecular weight excluding hydrogens is 480 g/mol. The first-order valence-corrected chi connectivity index (χ1v) is 11.5. The standard InChI is InChI=1S/C7H12O3.C6H10O2.C5H8O3.C5H8O2.CH4O.H2O/c1-6(8)4-3-5-7(9)10-2;1-5-3-2-4-6(7)8-5;1-4(6)2-3-5(7)8;1-4-2-3-5(6)7-4;1-2;/h3-5H2,1-2H3;5H,2-4H2,1H3;2-3H2,1H3,(H,7,8);4H,2-3H2,1H3;2H,1H3;1H2. The van der Waals surface area contributed by atoms with Gasteiger partial charge in [-0.2, -0.15) is 0 Å². The predicted molar refractivity (Wildman–Crippen MR) is 130 cm³/mol. The summed E-state index contributed by atoms with van der Waals surface area (Å²) in [6.07, 6.45) is 6.01. The van der Waals surface area contributed by atoms with E-state index in [2.05, 4.69) is 4.74 Å². The average Bonchev–Trinajstić information content (AvgIpc) is 3.17. The molecule has 0 aliphatic carbocycles. The molecule has 0 aromatic heterocycles. The van der Waals surface area contributed by atoms with Crippen molar-refractivity contribution in [3.63, 3.8) is 0 Å². The summed E-state index contributed by atoms with van der Waals surface area (Å²) in [6.45, 7) is 6.72. The van der Waals surface area contributed by atoms with E-state index in [0.717, 1.165) is 26.4 Å². The number of Topliss-reactive ketones (excluding diaryl/α,β-unsaturated/α-hetero) is 2. The molecule has 2 fully saturated rings. The molecule has 0 bridgehead atoms. The van der Waals surface area contributed by atoms with Gasteiger partial charge in [0.1, 0.15) is 11.6 Å². The number of hydrogen-bond donors (Lipinski definition) is 2. The molecule has 0 aromatic rings. The van der Waals surface area contributed by atoms with Crippen LogP contribution in [0.3, 0.4) is 0 Å². The lowest BCUT2D eigenvalue weighted by molar-refractivity contribution is -0.152. The summed E-state index contributed by atoms with van der Waals surface area (Å²) in [5.41, 5.74) is 0. The summed E-state index contributed by atoms with van der Waals surface area (Å²) in [5, 5.41) is 15.0. The zero-order chi connectivity index (χ0) is 27.8. The van der Waals surface area contributed by atoms with Crippen LogP contribution in [0.15, 0.2) is 0 Å². The molecule has 36 heavy (non-hydrogen) atoms. The Morgan fingerprint density at radius 3 is 1.56 bits per heavy atom. The van der Waals surface area contributed by atoms with Gasteiger partial charge in [0, 0.05) is 39.2 Å². The summed E-state index contributed by atoms with van der Waals surface area (Å²) in [6, 6.07) is 0. The molecule has 0 spiro atoms. The van der Waals surface area contributed by atoms with Gasteiger partial charge >= 0.3 is 23.9 Å². The number of aliphatic carboxylic acids is 1. The molecular formula is C24H44O12. The molecule has 12 nitrogen and oxygen atoms in total. The molecule has 4 N–H and O–H groups in total. The maximum absolute atomic E-state index is 10.5. The summed E-state index contributed by atoms with van der Waals surface area (Å²) >= 11 is 0. The highest BCUT2D eigenvalue weighted by molar-refractivity contribution is 5.80. The third-order valence-corrected chi connectivity index (χ3v) is 4.24. The second kappa shape index (κ2) is 26.7. The number of carbonyl (C=O) groups excluding carboxylic acids is 5. The Morgan fingerprint density at radius 2 is 1.31 bits per heavy atom. The Kier molecular flexibility index (Phi) is 29.9. The van der Waals surface area contributed by atoms with Gasteiger partial charge < -0.3 is 39.5 Å². The number of esters is 3. The number of cyclic esters (lactones) is 2. The number of ketones is 2. The van der Waals surface area contributed by atoms with E-state index in [0.29, 0.717) is 32.1 Å². The molecule has 212 valence electrons. The predicted octanol–water partition coefficient (Wildman–Crippen LogP) is 1.96. The molecule has 2 unspecified atom stereocenters. The average molecular weight is 525 g/mol. The van der Waals surface area contributed by atoms with Crippen molar-refractivity contribution >= 4 is 35.4 Å². The summed E-state index contributed by atoms with van der Waals surface area (Å²) in [4.78, 5) is 61.3. The molecule has 2 aliphatic rings. The van der Waals surface area contributed by atoms with E-state index in [1.54, 1.807) is 0 Å². The minimum atomic E-state index is -0.916. The van der Waals surface area contributed by atoms with Crippen LogP contribution in [0.2, 0.25) is 0 Å². The molecule has 2 heterocycles. The number of carboxylic acid groups (broad SMARTS) is 1. The van der Waals surface area contributed by atoms with E-state index >= 15 is 0 Å². The highest BCUT2D eigenvalue weighted by Gasteiger charge is 2.17. The van der Waals surface area contributed by atoms with Gasteiger partial charge in [-0.3, -0.25) is 19.2 Å². The van der Waals surface area contributed by atoms with Crippen LogP contribution in [0.1, 0.15) is 91.9 Å². The number of carboxylic acids is 1. The second-order valence-electron chi connectivity index (χ2n) is 7.76. The number of rotatable bonds is 7. The maximum atomic E-state index is 10.5. The van der Waals surface area contributed by atoms with Crippen LogP contribution in [0.4, 0.5) is 0 Å². The maximum Gasteiger partial charge on any atom is 0.306 e. The van der Waals surface area contributed by atoms with Gasteiger partial charge in [0.25, 0.3) is 0 Å². The first kappa shape index (κ1) is 40.3. The summed E-state index contributed by atoms with van der Waals surface area (Å²) in [7, 11) is 2.34. The number of hydrogen-bond acceptors (Lipinski definition) is 10. The Labute approximate surface area is 213 Å². The topological polar surface area (TPSA) is 202 Å². The normalized spacial score (nSPS) is 17.1. The van der Waals surface area contributed by atoms with Crippen molar-refractivity contribution in [2.75, 3.05) is 14.2 Å². The third kappa shape index (κ3) is 33.3. The van der Waals surface area contributed by atoms with E-state index in [4.69, 9.17) is 19.7 Å². The van der Waals surface area contributed by atoms with Crippen LogP contribution >= 0.6 is 0 Å². The van der Waals surface area contributed by atoms with Crippen LogP contribution < -0.4 is 0 Å². The molecule has 0 amide bonds. The Bertz CT molecular complexity index is 631. The van der Waals surface area contributed by atoms with E-state index in [1.165, 1.54) is 21.0 Å². The van der Waals surface area contributed by atoms with Crippen LogP contribution in [-0.4, -0.2) is 77.6 Å². The third-order valence-electron chi connectivity index (χ3n) is 4.24. The highest BCUT2D eigenvalue weighted by atomic mass is 16.6. The van der Waals surface area contributed by atoms with E-state index in [9.17, 15) is 28.8 Å². The fourth-order valence-electron chi connectivity index (χ4n) is 2.41. The van der Waals surface area contributed by atoms with Crippen molar-refractivity contribution in [1.29, 1.82) is 0 Å². The van der Waals surface area contributed by atoms with Gasteiger partial charge in [-0.15, -0.1) is 0 Å². The van der Waals surface area contributed by atoms with Crippen LogP contribution in [0.5, 0.6) is 0 Å². The molecule has 2 rings (SSSR count). The number of ether oxygens (including phenoxy) is 3. The summed E-state index contributed by atoms with van der Waals surface area (Å²) in [5.74, 6) is -1.21. The lowest BCUT2D eigenvalue weighted by Gasteiger charge is -2.17. The van der Waals surface area contributed by atoms with Gasteiger partial charge in [0.15, 0.2) is 0 Å². The van der Waals surface area contributed by atoms with Crippen LogP contribution in [-0.2, 0) is 43.0 Å². The van der Waals surface area contributed by atoms with Crippen molar-refractivity contribution < 1.29 is 58.7 Å². The second-order valence-corrected chi connectivity index (χ2v) is 7.76. The Hall–Kier alpha value is -2.86. The first-order chi connectivity index (χ1) is 16.4. The molecule has 0 saturated carbocycles. The van der Waals surface area contributed by atoms with E-state index in [-0.39, 0.29) is 60.0 Å². The Morgan fingerprint density at radius 1 is 0.833 bits per heavy atom. The fraction of sp³-hybridized carbons (Fsp3) is 0.750. The largest absolute Gasteiger partial charge is 0.481 e. The smallest absolute Gasteiger partial charge is 0.306 e. The summed E-state index contributed by atoms with van der Waals surface area (Å²) < 4.78 is 14.0. The van der Waals surface area contributed by atoms with Crippen molar-refractivity contribution in [1.82, 2.24) is 0 Å². The van der Waals surface area contributed by atoms with Crippen LogP contribution in [0, 0.1) is 0 Å². The molecule has 2 saturated heterocycles. The van der Waals surface area contributed by atoms with Gasteiger partial charge in [0.2, 0.25) is 0 Å². The number of aliphatic hydroxyl groups excluding tert-OH is 1. The zero-order valence-electron chi connectivity index (χ0n) is 22.3. The van der Waals surface area contributed by atoms with Gasteiger partial charge in [-0.1, -0.05) is 0 Å². The van der Waals surface area contributed by atoms with Crippen molar-refractivity contribution in [2.24, 2.45) is 0 Å². The quantitative estimate of drug-likeness (QED) is 0.364. The number of methoxy groups -OCH3 is 1. The van der Waals surface area contributed by atoms with Crippen molar-refractivity contribution in [2.45, 2.75) is 104 Å². The monoisotopic (exact) mass is 524 g/mol. The zero-order valence-corrected chi connectivity index (χ0v) is 22.3. The highest BCUT2D eigenvalue weighted by Crippen LogP contribution is 2.12. The minimum absolute atomic E-state index is 0. The fourth-order valence-corrected chi connectivity index (χ4v) is 2.41. The lowest BCUT2D eigenvalue weighted by atomic mass is 10.1. The van der Waals surface area contributed by atoms with Crippen molar-refractivity contribution in [3.8, 4) is 0 Å². The van der Waals surface area contributed by atoms with Gasteiger partial charge in [-0.05, 0) is 53.4 Å². The lowest BCUT2D eigenvalue weighted by Crippen LogP contribution is -2.19. The van der Waals surface area contributed by atoms with Crippen molar-refractivity contribution in [3.05, 3.63) is 0 Å². The molecule has 2 atom stereocenters. The minimum Gasteiger partial charge on any atom is -0.481 e. The van der Waals surface area contributed by atoms with Crippen LogP contribution in [0.25, 0.3) is 0 Å². The van der Waals surface area contributed by atoms with Gasteiger partial charge in [0.05, 0.1) is 25.7 Å². The molecule has 0 aromatic carbocycles. The van der Waals surface area contributed by atoms with Gasteiger partial charge in [-0.25, -0.2) is 0 Å². The number of carbonyl (C=O) groups is 6.